The van der Waals surface area contributed by atoms with Crippen LogP contribution in [-0.2, 0) is 20.9 Å². The maximum atomic E-state index is 13.9. The van der Waals surface area contributed by atoms with E-state index in [1.165, 1.54) is 36.3 Å². The number of amides is 1. The third-order valence-corrected chi connectivity index (χ3v) is 6.06. The Morgan fingerprint density at radius 1 is 1.16 bits per heavy atom. The Morgan fingerprint density at radius 3 is 2.61 bits per heavy atom. The van der Waals surface area contributed by atoms with Gasteiger partial charge in [0.15, 0.2) is 5.78 Å². The number of benzene rings is 2. The van der Waals surface area contributed by atoms with E-state index >= 15 is 0 Å². The smallest absolute Gasteiger partial charge is 0.257 e. The fraction of sp³-hybridized carbons (Fsp3) is 0.273. The second kappa shape index (κ2) is 8.59. The molecule has 9 heteroatoms. The van der Waals surface area contributed by atoms with E-state index < -0.39 is 23.9 Å². The zero-order chi connectivity index (χ0) is 22.3. The van der Waals surface area contributed by atoms with Crippen molar-refractivity contribution >= 4 is 40.6 Å². The molecule has 0 fully saturated rings. The number of halogens is 3. The number of methoxy groups -OCH3 is 1. The summed E-state index contributed by atoms with van der Waals surface area (Å²) in [6.45, 7) is -0.345. The van der Waals surface area contributed by atoms with Crippen LogP contribution in [0, 0.1) is 5.82 Å². The Hall–Kier alpha value is -2.45. The number of rotatable bonds is 5. The average Bonchev–Trinajstić information content (AvgIpc) is 3.08. The number of ketones is 1. The Morgan fingerprint density at radius 2 is 1.94 bits per heavy atom. The zero-order valence-corrected chi connectivity index (χ0v) is 17.9. The zero-order valence-electron chi connectivity index (χ0n) is 16.4. The number of ether oxygens (including phenoxy) is 2. The molecule has 2 aromatic carbocycles. The number of hydrogen-bond acceptors (Lipinski definition) is 5. The molecule has 1 amide bonds. The third kappa shape index (κ3) is 3.94. The number of anilines is 1. The van der Waals surface area contributed by atoms with E-state index in [1.54, 1.807) is 12.1 Å². The molecule has 2 aromatic rings. The molecule has 1 N–H and O–H groups in total. The summed E-state index contributed by atoms with van der Waals surface area (Å²) in [6.07, 6.45) is -1.49. The highest BCUT2D eigenvalue weighted by atomic mass is 35.5. The normalized spacial score (nSPS) is 21.0. The molecule has 1 aliphatic heterocycles. The lowest BCUT2D eigenvalue weighted by atomic mass is 9.98. The van der Waals surface area contributed by atoms with Gasteiger partial charge in [-0.1, -0.05) is 29.3 Å². The van der Waals surface area contributed by atoms with Crippen molar-refractivity contribution in [2.45, 2.75) is 25.2 Å². The molecule has 0 aromatic heterocycles. The van der Waals surface area contributed by atoms with Crippen molar-refractivity contribution < 1.29 is 28.6 Å². The minimum Gasteiger partial charge on any atom is -0.487 e. The van der Waals surface area contributed by atoms with Crippen molar-refractivity contribution in [1.29, 1.82) is 0 Å². The van der Waals surface area contributed by atoms with Gasteiger partial charge in [0.2, 0.25) is 0 Å². The van der Waals surface area contributed by atoms with Gasteiger partial charge < -0.3 is 19.5 Å². The van der Waals surface area contributed by atoms with Gasteiger partial charge >= 0.3 is 0 Å². The summed E-state index contributed by atoms with van der Waals surface area (Å²) in [6, 6.07) is 8.94. The van der Waals surface area contributed by atoms with Crippen LogP contribution in [0.3, 0.4) is 0 Å². The molecule has 2 atom stereocenters. The van der Waals surface area contributed by atoms with Gasteiger partial charge in [-0.3, -0.25) is 9.59 Å². The molecule has 0 saturated carbocycles. The van der Waals surface area contributed by atoms with Crippen LogP contribution in [0.1, 0.15) is 12.0 Å². The lowest BCUT2D eigenvalue weighted by molar-refractivity contribution is -0.121. The lowest BCUT2D eigenvalue weighted by Crippen LogP contribution is -2.44. The summed E-state index contributed by atoms with van der Waals surface area (Å²) in [5.41, 5.74) is 0.895. The summed E-state index contributed by atoms with van der Waals surface area (Å²) < 4.78 is 24.8. The first-order chi connectivity index (χ1) is 14.8. The number of aliphatic hydroxyl groups is 1. The third-order valence-electron chi connectivity index (χ3n) is 5.41. The highest BCUT2D eigenvalue weighted by Gasteiger charge is 2.45. The molecule has 2 unspecified atom stereocenters. The van der Waals surface area contributed by atoms with E-state index in [0.717, 1.165) is 0 Å². The van der Waals surface area contributed by atoms with E-state index in [1.807, 2.05) is 0 Å². The van der Waals surface area contributed by atoms with Crippen molar-refractivity contribution in [1.82, 2.24) is 0 Å². The second-order valence-corrected chi connectivity index (χ2v) is 8.04. The van der Waals surface area contributed by atoms with Crippen LogP contribution in [0.15, 0.2) is 47.5 Å². The first-order valence-electron chi connectivity index (χ1n) is 9.47. The van der Waals surface area contributed by atoms with Crippen molar-refractivity contribution in [3.8, 4) is 5.75 Å². The van der Waals surface area contributed by atoms with Crippen LogP contribution in [0.2, 0.25) is 10.0 Å². The molecule has 31 heavy (non-hydrogen) atoms. The van der Waals surface area contributed by atoms with Crippen molar-refractivity contribution in [2.75, 3.05) is 18.6 Å². The van der Waals surface area contributed by atoms with E-state index in [9.17, 15) is 19.1 Å². The number of carbonyl (C=O) groups is 2. The number of carbonyl (C=O) groups excluding carboxylic acids is 2. The monoisotopic (exact) mass is 465 g/mol. The predicted octanol–water partition coefficient (Wildman–Crippen LogP) is 3.70. The summed E-state index contributed by atoms with van der Waals surface area (Å²) in [7, 11) is 1.43. The van der Waals surface area contributed by atoms with E-state index in [2.05, 4.69) is 0 Å². The summed E-state index contributed by atoms with van der Waals surface area (Å²) >= 11 is 12.3. The summed E-state index contributed by atoms with van der Waals surface area (Å²) in [5, 5.41) is 10.6. The van der Waals surface area contributed by atoms with Crippen LogP contribution in [-0.4, -0.2) is 42.7 Å². The van der Waals surface area contributed by atoms with Crippen molar-refractivity contribution in [3.05, 3.63) is 69.0 Å². The maximum absolute atomic E-state index is 13.9. The van der Waals surface area contributed by atoms with Gasteiger partial charge in [-0.25, -0.2) is 4.39 Å². The first kappa shape index (κ1) is 21.8. The molecule has 162 valence electrons. The Labute approximate surface area is 187 Å². The van der Waals surface area contributed by atoms with E-state index in [-0.39, 0.29) is 57.9 Å². The largest absolute Gasteiger partial charge is 0.487 e. The Balaban J connectivity index is 1.56. The fourth-order valence-electron chi connectivity index (χ4n) is 3.84. The summed E-state index contributed by atoms with van der Waals surface area (Å²) in [5.74, 6) is -0.979. The molecule has 1 heterocycles. The highest BCUT2D eigenvalue weighted by Crippen LogP contribution is 2.37. The Kier molecular flexibility index (Phi) is 6.03. The van der Waals surface area contributed by atoms with E-state index in [0.29, 0.717) is 5.69 Å². The van der Waals surface area contributed by atoms with Gasteiger partial charge in [0.05, 0.1) is 34.4 Å². The van der Waals surface area contributed by atoms with Crippen molar-refractivity contribution in [2.24, 2.45) is 0 Å². The second-order valence-electron chi connectivity index (χ2n) is 7.22. The maximum Gasteiger partial charge on any atom is 0.257 e. The average molecular weight is 466 g/mol. The number of aliphatic hydroxyl groups excluding tert-OH is 1. The SMILES string of the molecule is COC1CC(O)C2=C1C(=O)N(c1ccc(OCc3c(F)cccc3Cl)c(Cl)c1)CC2=O. The standard InChI is InChI=1S/C22H18Cl2FNO5/c1-30-19-8-16(27)20-17(28)9-26(22(29)21(19)20)11-5-6-18(14(24)7-11)31-10-12-13(23)3-2-4-15(12)25/h2-7,16,19,27H,8-10H2,1H3. The van der Waals surface area contributed by atoms with Gasteiger partial charge in [0, 0.05) is 30.4 Å². The van der Waals surface area contributed by atoms with E-state index in [4.69, 9.17) is 32.7 Å². The molecule has 0 bridgehead atoms. The van der Waals surface area contributed by atoms with Gasteiger partial charge in [-0.05, 0) is 30.3 Å². The van der Waals surface area contributed by atoms with Gasteiger partial charge in [0.1, 0.15) is 18.2 Å². The number of nitrogens with zero attached hydrogens (tertiary/aromatic N) is 1. The summed E-state index contributed by atoms with van der Waals surface area (Å²) in [4.78, 5) is 26.9. The lowest BCUT2D eigenvalue weighted by Gasteiger charge is -2.29. The first-order valence-corrected chi connectivity index (χ1v) is 10.2. The van der Waals surface area contributed by atoms with Crippen molar-refractivity contribution in [3.63, 3.8) is 0 Å². The Bertz CT molecular complexity index is 1080. The molecule has 4 rings (SSSR count). The number of Topliss-reactive ketones (excluding diaryl/α,β-unsaturated/α-hetero) is 1. The van der Waals surface area contributed by atoms with Crippen LogP contribution < -0.4 is 9.64 Å². The molecule has 0 spiro atoms. The molecular formula is C22H18Cl2FNO5. The number of hydrogen-bond donors (Lipinski definition) is 1. The quantitative estimate of drug-likeness (QED) is 0.728. The van der Waals surface area contributed by atoms with Crippen LogP contribution >= 0.6 is 23.2 Å². The van der Waals surface area contributed by atoms with Crippen LogP contribution in [0.25, 0.3) is 0 Å². The van der Waals surface area contributed by atoms with Gasteiger partial charge in [-0.2, -0.15) is 0 Å². The topological polar surface area (TPSA) is 76.1 Å². The van der Waals surface area contributed by atoms with Crippen LogP contribution in [0.4, 0.5) is 10.1 Å². The minimum absolute atomic E-state index is 0.126. The predicted molar refractivity (Wildman–Crippen MR) is 113 cm³/mol. The molecule has 0 saturated heterocycles. The fourth-order valence-corrected chi connectivity index (χ4v) is 4.29. The molecule has 2 aliphatic rings. The molecular weight excluding hydrogens is 448 g/mol. The highest BCUT2D eigenvalue weighted by molar-refractivity contribution is 6.32. The minimum atomic E-state index is -1.01. The van der Waals surface area contributed by atoms with Crippen LogP contribution in [0.5, 0.6) is 5.75 Å². The van der Waals surface area contributed by atoms with Gasteiger partial charge in [0.25, 0.3) is 5.91 Å². The molecule has 1 aliphatic carbocycles. The van der Waals surface area contributed by atoms with Gasteiger partial charge in [-0.15, -0.1) is 0 Å². The molecule has 6 nitrogen and oxygen atoms in total. The molecule has 0 radical (unpaired) electrons.